The lowest BCUT2D eigenvalue weighted by Crippen LogP contribution is -2.22. The molecule has 3 aromatic rings. The number of carbonyl (C=O) groups is 1. The number of amides is 1. The fourth-order valence-corrected chi connectivity index (χ4v) is 4.49. The van der Waals surface area contributed by atoms with E-state index in [9.17, 15) is 13.2 Å². The van der Waals surface area contributed by atoms with Crippen molar-refractivity contribution < 1.29 is 13.2 Å². The van der Waals surface area contributed by atoms with Crippen LogP contribution in [0.4, 0.5) is 5.13 Å². The Labute approximate surface area is 176 Å². The van der Waals surface area contributed by atoms with E-state index >= 15 is 0 Å². The highest BCUT2D eigenvalue weighted by molar-refractivity contribution is 7.89. The third kappa shape index (κ3) is 4.37. The van der Waals surface area contributed by atoms with Crippen LogP contribution in [0.25, 0.3) is 11.3 Å². The molecule has 3 rings (SSSR count). The molecule has 0 spiro atoms. The van der Waals surface area contributed by atoms with E-state index < -0.39 is 15.9 Å². The monoisotopic (exact) mass is 455 g/mol. The van der Waals surface area contributed by atoms with Gasteiger partial charge in [-0.05, 0) is 36.4 Å². The summed E-state index contributed by atoms with van der Waals surface area (Å²) in [6.07, 6.45) is 0. The van der Waals surface area contributed by atoms with Gasteiger partial charge >= 0.3 is 0 Å². The maximum Gasteiger partial charge on any atom is 0.257 e. The molecule has 1 amide bonds. The average Bonchev–Trinajstić information content (AvgIpc) is 3.09. The molecule has 0 saturated carbocycles. The van der Waals surface area contributed by atoms with Crippen molar-refractivity contribution in [1.29, 1.82) is 0 Å². The predicted octanol–water partition coefficient (Wildman–Crippen LogP) is 4.62. The minimum absolute atomic E-state index is 0.0397. The number of nitrogens with zero attached hydrogens (tertiary/aromatic N) is 2. The van der Waals surface area contributed by atoms with Gasteiger partial charge in [-0.1, -0.05) is 29.3 Å². The van der Waals surface area contributed by atoms with Gasteiger partial charge in [0, 0.05) is 35.6 Å². The molecule has 0 radical (unpaired) electrons. The molecule has 0 saturated heterocycles. The van der Waals surface area contributed by atoms with Crippen molar-refractivity contribution in [1.82, 2.24) is 9.29 Å². The number of hydrogen-bond acceptors (Lipinski definition) is 5. The van der Waals surface area contributed by atoms with Crippen molar-refractivity contribution in [3.05, 3.63) is 63.5 Å². The zero-order valence-electron chi connectivity index (χ0n) is 14.8. The summed E-state index contributed by atoms with van der Waals surface area (Å²) in [5, 5.41) is 5.78. The first-order chi connectivity index (χ1) is 13.2. The van der Waals surface area contributed by atoms with Crippen molar-refractivity contribution in [3.63, 3.8) is 0 Å². The summed E-state index contributed by atoms with van der Waals surface area (Å²) in [6, 6.07) is 10.9. The molecule has 146 valence electrons. The number of thiazole rings is 1. The van der Waals surface area contributed by atoms with Gasteiger partial charge in [0.2, 0.25) is 10.0 Å². The van der Waals surface area contributed by atoms with Gasteiger partial charge in [-0.3, -0.25) is 10.1 Å². The Kier molecular flexibility index (Phi) is 6.07. The Morgan fingerprint density at radius 1 is 1.14 bits per heavy atom. The van der Waals surface area contributed by atoms with Crippen molar-refractivity contribution in [2.24, 2.45) is 0 Å². The predicted molar refractivity (Wildman–Crippen MR) is 113 cm³/mol. The van der Waals surface area contributed by atoms with Crippen LogP contribution >= 0.6 is 34.5 Å². The molecular formula is C18H15Cl2N3O3S2. The van der Waals surface area contributed by atoms with Gasteiger partial charge < -0.3 is 0 Å². The third-order valence-electron chi connectivity index (χ3n) is 3.81. The average molecular weight is 456 g/mol. The van der Waals surface area contributed by atoms with Gasteiger partial charge in [-0.15, -0.1) is 11.3 Å². The van der Waals surface area contributed by atoms with Gasteiger partial charge in [0.1, 0.15) is 0 Å². The van der Waals surface area contributed by atoms with Crippen molar-refractivity contribution >= 4 is 55.6 Å². The number of aromatic nitrogens is 1. The molecule has 1 N–H and O–H groups in total. The third-order valence-corrected chi connectivity index (χ3v) is 6.92. The van der Waals surface area contributed by atoms with Crippen LogP contribution in [-0.4, -0.2) is 37.7 Å². The minimum Gasteiger partial charge on any atom is -0.298 e. The van der Waals surface area contributed by atoms with Gasteiger partial charge in [0.05, 0.1) is 15.6 Å². The molecule has 0 fully saturated rings. The molecule has 28 heavy (non-hydrogen) atoms. The summed E-state index contributed by atoms with van der Waals surface area (Å²) in [6.45, 7) is 0. The molecule has 0 bridgehead atoms. The van der Waals surface area contributed by atoms with E-state index in [1.54, 1.807) is 23.6 Å². The summed E-state index contributed by atoms with van der Waals surface area (Å²) in [5.74, 6) is -0.459. The molecule has 0 aliphatic rings. The highest BCUT2D eigenvalue weighted by atomic mass is 35.5. The van der Waals surface area contributed by atoms with E-state index in [1.165, 1.54) is 49.7 Å². The first kappa shape index (κ1) is 20.8. The topological polar surface area (TPSA) is 79.4 Å². The number of benzene rings is 2. The van der Waals surface area contributed by atoms with Crippen LogP contribution in [0.3, 0.4) is 0 Å². The maximum absolute atomic E-state index is 12.5. The Bertz CT molecular complexity index is 1140. The fourth-order valence-electron chi connectivity index (χ4n) is 2.33. The highest BCUT2D eigenvalue weighted by Crippen LogP contribution is 2.32. The molecular weight excluding hydrogens is 441 g/mol. The molecule has 1 heterocycles. The summed E-state index contributed by atoms with van der Waals surface area (Å²) >= 11 is 13.3. The van der Waals surface area contributed by atoms with Crippen LogP contribution in [0, 0.1) is 0 Å². The second-order valence-corrected chi connectivity index (χ2v) is 9.79. The van der Waals surface area contributed by atoms with Crippen LogP contribution in [0.1, 0.15) is 10.4 Å². The van der Waals surface area contributed by atoms with E-state index in [2.05, 4.69) is 10.3 Å². The highest BCUT2D eigenvalue weighted by Gasteiger charge is 2.19. The Morgan fingerprint density at radius 3 is 2.57 bits per heavy atom. The number of rotatable bonds is 5. The van der Waals surface area contributed by atoms with Crippen molar-refractivity contribution in [3.8, 4) is 11.3 Å². The summed E-state index contributed by atoms with van der Waals surface area (Å²) in [5.41, 5.74) is 1.51. The fraction of sp³-hybridized carbons (Fsp3) is 0.111. The van der Waals surface area contributed by atoms with Crippen LogP contribution in [0.15, 0.2) is 52.7 Å². The molecule has 2 aromatic carbocycles. The number of carbonyl (C=O) groups excluding carboxylic acids is 1. The van der Waals surface area contributed by atoms with Crippen LogP contribution < -0.4 is 5.32 Å². The quantitative estimate of drug-likeness (QED) is 0.608. The summed E-state index contributed by atoms with van der Waals surface area (Å²) in [7, 11) is -0.768. The van der Waals surface area contributed by atoms with Gasteiger partial charge in [0.15, 0.2) is 5.13 Å². The standard InChI is InChI=1S/C18H15Cl2N3O3S2/c1-23(2)28(25,26)13-5-3-4-11(8-13)17(24)22-18-21-16(10-27-18)14-7-6-12(19)9-15(14)20/h3-10H,1-2H3,(H,21,22,24). The second-order valence-electron chi connectivity index (χ2n) is 5.93. The second kappa shape index (κ2) is 8.18. The Hall–Kier alpha value is -1.97. The smallest absolute Gasteiger partial charge is 0.257 e. The molecule has 6 nitrogen and oxygen atoms in total. The van der Waals surface area contributed by atoms with Crippen molar-refractivity contribution in [2.75, 3.05) is 19.4 Å². The zero-order valence-corrected chi connectivity index (χ0v) is 18.0. The first-order valence-corrected chi connectivity index (χ1v) is 11.0. The van der Waals surface area contributed by atoms with Gasteiger partial charge in [-0.25, -0.2) is 17.7 Å². The minimum atomic E-state index is -3.63. The lowest BCUT2D eigenvalue weighted by molar-refractivity contribution is 0.102. The normalized spacial score (nSPS) is 11.6. The van der Waals surface area contributed by atoms with Crippen molar-refractivity contribution in [2.45, 2.75) is 4.90 Å². The molecule has 0 atom stereocenters. The maximum atomic E-state index is 12.5. The summed E-state index contributed by atoms with van der Waals surface area (Å²) in [4.78, 5) is 16.9. The van der Waals surface area contributed by atoms with E-state index in [1.807, 2.05) is 0 Å². The van der Waals surface area contributed by atoms with Crippen LogP contribution in [0.5, 0.6) is 0 Å². The molecule has 0 aliphatic carbocycles. The van der Waals surface area contributed by atoms with Crippen LogP contribution in [0.2, 0.25) is 10.0 Å². The van der Waals surface area contributed by atoms with Gasteiger partial charge in [0.25, 0.3) is 5.91 Å². The largest absolute Gasteiger partial charge is 0.298 e. The summed E-state index contributed by atoms with van der Waals surface area (Å²) < 4.78 is 25.6. The number of sulfonamides is 1. The van der Waals surface area contributed by atoms with E-state index in [0.717, 1.165) is 4.31 Å². The van der Waals surface area contributed by atoms with E-state index in [-0.39, 0.29) is 10.5 Å². The molecule has 0 unspecified atom stereocenters. The Morgan fingerprint density at radius 2 is 1.89 bits per heavy atom. The number of hydrogen-bond donors (Lipinski definition) is 1. The zero-order chi connectivity index (χ0) is 20.5. The number of anilines is 1. The number of halogens is 2. The van der Waals surface area contributed by atoms with E-state index in [0.29, 0.717) is 26.4 Å². The lowest BCUT2D eigenvalue weighted by atomic mass is 10.2. The molecule has 10 heteroatoms. The van der Waals surface area contributed by atoms with Gasteiger partial charge in [-0.2, -0.15) is 0 Å². The van der Waals surface area contributed by atoms with Crippen LogP contribution in [-0.2, 0) is 10.0 Å². The SMILES string of the molecule is CN(C)S(=O)(=O)c1cccc(C(=O)Nc2nc(-c3ccc(Cl)cc3Cl)cs2)c1. The van der Waals surface area contributed by atoms with E-state index in [4.69, 9.17) is 23.2 Å². The molecule has 0 aliphatic heterocycles. The Balaban J connectivity index is 1.82. The lowest BCUT2D eigenvalue weighted by Gasteiger charge is -2.12. The molecule has 1 aromatic heterocycles. The number of nitrogens with one attached hydrogen (secondary N) is 1. The first-order valence-electron chi connectivity index (χ1n) is 7.93.